The maximum absolute atomic E-state index is 5.42. The van der Waals surface area contributed by atoms with Gasteiger partial charge >= 0.3 is 0 Å². The predicted molar refractivity (Wildman–Crippen MR) is 113 cm³/mol. The first kappa shape index (κ1) is 19.6. The first-order valence-electron chi connectivity index (χ1n) is 10.1. The Morgan fingerprint density at radius 2 is 1.90 bits per heavy atom. The van der Waals surface area contributed by atoms with Crippen molar-refractivity contribution in [3.8, 4) is 17.1 Å². The number of hydrogen-bond acceptors (Lipinski definition) is 7. The second kappa shape index (κ2) is 8.75. The fraction of sp³-hybridized carbons (Fsp3) is 0.476. The van der Waals surface area contributed by atoms with E-state index in [4.69, 9.17) is 19.4 Å². The van der Waals surface area contributed by atoms with Gasteiger partial charge in [0.2, 0.25) is 0 Å². The number of nitrogens with one attached hydrogen (secondary N) is 1. The van der Waals surface area contributed by atoms with Crippen LogP contribution in [0, 0.1) is 0 Å². The molecule has 8 nitrogen and oxygen atoms in total. The van der Waals surface area contributed by atoms with Crippen molar-refractivity contribution in [3.05, 3.63) is 30.6 Å². The van der Waals surface area contributed by atoms with Crippen LogP contribution >= 0.6 is 0 Å². The molecule has 3 aromatic rings. The van der Waals surface area contributed by atoms with Crippen molar-refractivity contribution in [1.82, 2.24) is 24.4 Å². The molecular formula is C21H28N6O2. The normalized spacial score (nSPS) is 15.2. The molecule has 0 spiro atoms. The van der Waals surface area contributed by atoms with Crippen LogP contribution in [-0.4, -0.2) is 70.9 Å². The van der Waals surface area contributed by atoms with Crippen molar-refractivity contribution in [3.63, 3.8) is 0 Å². The molecule has 1 aliphatic rings. The highest BCUT2D eigenvalue weighted by atomic mass is 16.5. The van der Waals surface area contributed by atoms with Gasteiger partial charge in [0.15, 0.2) is 17.3 Å². The topological polar surface area (TPSA) is 77.3 Å². The molecule has 0 radical (unpaired) electrons. The summed E-state index contributed by atoms with van der Waals surface area (Å²) in [5.41, 5.74) is 2.59. The van der Waals surface area contributed by atoms with Crippen LogP contribution in [0.5, 0.6) is 5.75 Å². The van der Waals surface area contributed by atoms with Crippen LogP contribution in [0.3, 0.4) is 0 Å². The summed E-state index contributed by atoms with van der Waals surface area (Å²) in [6.07, 6.45) is 1.84. The molecule has 1 aliphatic heterocycles. The summed E-state index contributed by atoms with van der Waals surface area (Å²) in [5.74, 6) is 2.26. The van der Waals surface area contributed by atoms with Crippen molar-refractivity contribution in [2.75, 3.05) is 51.8 Å². The summed E-state index contributed by atoms with van der Waals surface area (Å²) in [4.78, 5) is 16.6. The summed E-state index contributed by atoms with van der Waals surface area (Å²) in [6.45, 7) is 9.54. The lowest BCUT2D eigenvalue weighted by molar-refractivity contribution is 0.0398. The highest BCUT2D eigenvalue weighted by Crippen LogP contribution is 2.26. The number of imidazole rings is 1. The third-order valence-electron chi connectivity index (χ3n) is 5.15. The zero-order chi connectivity index (χ0) is 20.2. The minimum absolute atomic E-state index is 0.264. The van der Waals surface area contributed by atoms with Crippen LogP contribution in [0.4, 0.5) is 5.82 Å². The molecule has 4 rings (SSSR count). The molecule has 0 aliphatic carbocycles. The lowest BCUT2D eigenvalue weighted by Gasteiger charge is -2.26. The minimum Gasteiger partial charge on any atom is -0.497 e. The minimum atomic E-state index is 0.264. The Morgan fingerprint density at radius 3 is 2.59 bits per heavy atom. The molecular weight excluding hydrogens is 368 g/mol. The number of fused-ring (bicyclic) bond motifs is 1. The maximum Gasteiger partial charge on any atom is 0.166 e. The fourth-order valence-corrected chi connectivity index (χ4v) is 3.44. The van der Waals surface area contributed by atoms with Crippen molar-refractivity contribution in [1.29, 1.82) is 0 Å². The molecule has 0 unspecified atom stereocenters. The molecule has 0 amide bonds. The summed E-state index contributed by atoms with van der Waals surface area (Å²) in [7, 11) is 1.66. The smallest absolute Gasteiger partial charge is 0.166 e. The predicted octanol–water partition coefficient (Wildman–Crippen LogP) is 2.83. The summed E-state index contributed by atoms with van der Waals surface area (Å²) in [6, 6.07) is 8.07. The van der Waals surface area contributed by atoms with Gasteiger partial charge in [-0.2, -0.15) is 0 Å². The average molecular weight is 396 g/mol. The van der Waals surface area contributed by atoms with Crippen LogP contribution in [0.2, 0.25) is 0 Å². The number of methoxy groups -OCH3 is 1. The van der Waals surface area contributed by atoms with Gasteiger partial charge in [0.1, 0.15) is 11.3 Å². The number of ether oxygens (including phenoxy) is 2. The van der Waals surface area contributed by atoms with Gasteiger partial charge in [0, 0.05) is 37.8 Å². The van der Waals surface area contributed by atoms with E-state index < -0.39 is 0 Å². The number of aromatic nitrogens is 4. The van der Waals surface area contributed by atoms with E-state index in [1.165, 1.54) is 0 Å². The monoisotopic (exact) mass is 396 g/mol. The Labute approximate surface area is 170 Å². The third-order valence-corrected chi connectivity index (χ3v) is 5.15. The molecule has 0 atom stereocenters. The van der Waals surface area contributed by atoms with Crippen molar-refractivity contribution >= 4 is 17.0 Å². The molecule has 2 aromatic heterocycles. The Hall–Kier alpha value is -2.71. The number of benzene rings is 1. The number of rotatable bonds is 7. The van der Waals surface area contributed by atoms with E-state index in [1.54, 1.807) is 7.11 Å². The van der Waals surface area contributed by atoms with Gasteiger partial charge in [-0.3, -0.25) is 4.90 Å². The highest BCUT2D eigenvalue weighted by molar-refractivity contribution is 5.85. The molecule has 29 heavy (non-hydrogen) atoms. The second-order valence-electron chi connectivity index (χ2n) is 7.42. The van der Waals surface area contributed by atoms with E-state index in [1.807, 2.05) is 30.6 Å². The van der Waals surface area contributed by atoms with E-state index >= 15 is 0 Å². The van der Waals surface area contributed by atoms with E-state index in [9.17, 15) is 0 Å². The molecule has 0 bridgehead atoms. The van der Waals surface area contributed by atoms with Gasteiger partial charge in [0.25, 0.3) is 0 Å². The molecule has 3 heterocycles. The zero-order valence-corrected chi connectivity index (χ0v) is 17.3. The van der Waals surface area contributed by atoms with Gasteiger partial charge in [-0.15, -0.1) is 0 Å². The number of nitrogens with zero attached hydrogens (tertiary/aromatic N) is 5. The largest absolute Gasteiger partial charge is 0.497 e. The Bertz CT molecular complexity index is 948. The second-order valence-corrected chi connectivity index (χ2v) is 7.42. The van der Waals surface area contributed by atoms with Gasteiger partial charge < -0.3 is 19.4 Å². The van der Waals surface area contributed by atoms with Gasteiger partial charge in [-0.1, -0.05) is 0 Å². The van der Waals surface area contributed by atoms with Gasteiger partial charge in [-0.05, 0) is 38.1 Å². The van der Waals surface area contributed by atoms with Crippen LogP contribution in [0.1, 0.15) is 19.9 Å². The molecule has 0 saturated carbocycles. The quantitative estimate of drug-likeness (QED) is 0.658. The molecule has 1 N–H and O–H groups in total. The third kappa shape index (κ3) is 4.33. The van der Waals surface area contributed by atoms with E-state index in [-0.39, 0.29) is 6.04 Å². The summed E-state index contributed by atoms with van der Waals surface area (Å²) in [5, 5.41) is 3.49. The standard InChI is InChI=1S/C21H28N6O2/c1-15(2)27-14-23-18-20(22-8-9-26-10-12-29-13-11-26)24-19(25-21(18)27)16-4-6-17(28-3)7-5-16/h4-7,14-15H,8-13H2,1-3H3,(H,22,24,25). The highest BCUT2D eigenvalue weighted by Gasteiger charge is 2.16. The van der Waals surface area contributed by atoms with Gasteiger partial charge in [-0.25, -0.2) is 15.0 Å². The Balaban J connectivity index is 1.63. The van der Waals surface area contributed by atoms with Crippen molar-refractivity contribution < 1.29 is 9.47 Å². The molecule has 154 valence electrons. The Morgan fingerprint density at radius 1 is 1.14 bits per heavy atom. The lowest BCUT2D eigenvalue weighted by atomic mass is 10.2. The number of morpholine rings is 1. The molecule has 1 saturated heterocycles. The lowest BCUT2D eigenvalue weighted by Crippen LogP contribution is -2.39. The average Bonchev–Trinajstić information content (AvgIpc) is 3.19. The molecule has 8 heteroatoms. The molecule has 1 aromatic carbocycles. The number of hydrogen-bond donors (Lipinski definition) is 1. The maximum atomic E-state index is 5.42. The zero-order valence-electron chi connectivity index (χ0n) is 17.3. The van der Waals surface area contributed by atoms with E-state index in [0.29, 0.717) is 5.82 Å². The Kier molecular flexibility index (Phi) is 5.92. The van der Waals surface area contributed by atoms with Crippen molar-refractivity contribution in [2.45, 2.75) is 19.9 Å². The van der Waals surface area contributed by atoms with Crippen LogP contribution in [0.15, 0.2) is 30.6 Å². The van der Waals surface area contributed by atoms with Gasteiger partial charge in [0.05, 0.1) is 26.7 Å². The van der Waals surface area contributed by atoms with Crippen LogP contribution in [-0.2, 0) is 4.74 Å². The summed E-state index contributed by atoms with van der Waals surface area (Å²) >= 11 is 0. The van der Waals surface area contributed by atoms with E-state index in [2.05, 4.69) is 33.6 Å². The van der Waals surface area contributed by atoms with Crippen LogP contribution in [0.25, 0.3) is 22.6 Å². The summed E-state index contributed by atoms with van der Waals surface area (Å²) < 4.78 is 12.8. The first-order chi connectivity index (χ1) is 14.2. The SMILES string of the molecule is COc1ccc(-c2nc(NCCN3CCOCC3)c3ncn(C(C)C)c3n2)cc1. The van der Waals surface area contributed by atoms with E-state index in [0.717, 1.165) is 67.7 Å². The number of anilines is 1. The fourth-order valence-electron chi connectivity index (χ4n) is 3.44. The molecule has 1 fully saturated rings. The van der Waals surface area contributed by atoms with Crippen molar-refractivity contribution in [2.24, 2.45) is 0 Å². The van der Waals surface area contributed by atoms with Crippen LogP contribution < -0.4 is 10.1 Å². The first-order valence-corrected chi connectivity index (χ1v) is 10.1.